The van der Waals surface area contributed by atoms with Gasteiger partial charge >= 0.3 is 0 Å². The van der Waals surface area contributed by atoms with Crippen molar-refractivity contribution in [3.05, 3.63) is 150 Å². The lowest BCUT2D eigenvalue weighted by Crippen LogP contribution is -2.12. The molecule has 0 N–H and O–H groups in total. The minimum Gasteiger partial charge on any atom is -0.293 e. The van der Waals surface area contributed by atoms with Gasteiger partial charge in [0, 0.05) is 22.1 Å². The highest BCUT2D eigenvalue weighted by atomic mass is 16.1. The minimum absolute atomic E-state index is 0.275. The van der Waals surface area contributed by atoms with Crippen LogP contribution >= 0.6 is 0 Å². The van der Waals surface area contributed by atoms with E-state index in [2.05, 4.69) is 33.7 Å². The van der Waals surface area contributed by atoms with E-state index < -0.39 is 0 Å². The third-order valence-electron chi connectivity index (χ3n) is 7.65. The van der Waals surface area contributed by atoms with Gasteiger partial charge in [-0.1, -0.05) is 121 Å². The third kappa shape index (κ3) is 4.33. The van der Waals surface area contributed by atoms with Crippen LogP contribution in [-0.2, 0) is 0 Å². The molecule has 5 aromatic carbocycles. The first kappa shape index (κ1) is 24.8. The Morgan fingerprint density at radius 1 is 0.442 bits per heavy atom. The van der Waals surface area contributed by atoms with Crippen LogP contribution in [0, 0.1) is 0 Å². The predicted octanol–water partition coefficient (Wildman–Crippen LogP) is 7.85. The summed E-state index contributed by atoms with van der Waals surface area (Å²) in [5.41, 5.74) is 5.60. The Morgan fingerprint density at radius 3 is 1.60 bits per heavy atom. The van der Waals surface area contributed by atoms with E-state index in [1.807, 2.05) is 115 Å². The molecule has 43 heavy (non-hydrogen) atoms. The van der Waals surface area contributed by atoms with Crippen LogP contribution < -0.4 is 5.56 Å². The molecule has 8 rings (SSSR count). The summed E-state index contributed by atoms with van der Waals surface area (Å²) < 4.78 is 2.08. The number of rotatable bonds is 4. The van der Waals surface area contributed by atoms with Crippen LogP contribution in [0.25, 0.3) is 72.7 Å². The maximum Gasteiger partial charge on any atom is 0.281 e. The van der Waals surface area contributed by atoms with E-state index in [-0.39, 0.29) is 5.56 Å². The van der Waals surface area contributed by atoms with Crippen molar-refractivity contribution in [3.63, 3.8) is 0 Å². The van der Waals surface area contributed by atoms with Gasteiger partial charge in [0.1, 0.15) is 5.65 Å². The maximum atomic E-state index is 13.4. The Balaban J connectivity index is 1.45. The van der Waals surface area contributed by atoms with Gasteiger partial charge in [-0.2, -0.15) is 4.98 Å². The summed E-state index contributed by atoms with van der Waals surface area (Å²) in [6.07, 6.45) is 0. The van der Waals surface area contributed by atoms with E-state index in [9.17, 15) is 4.79 Å². The summed E-state index contributed by atoms with van der Waals surface area (Å²) in [6, 6.07) is 45.8. The molecule has 3 aromatic heterocycles. The minimum atomic E-state index is -0.275. The van der Waals surface area contributed by atoms with E-state index in [0.29, 0.717) is 28.5 Å². The summed E-state index contributed by atoms with van der Waals surface area (Å²) in [5, 5.41) is 2.44. The van der Waals surface area contributed by atoms with Gasteiger partial charge in [0.15, 0.2) is 17.5 Å². The smallest absolute Gasteiger partial charge is 0.281 e. The molecule has 8 aromatic rings. The van der Waals surface area contributed by atoms with Crippen molar-refractivity contribution in [1.29, 1.82) is 0 Å². The van der Waals surface area contributed by atoms with Crippen LogP contribution in [0.15, 0.2) is 144 Å². The Bertz CT molecular complexity index is 2290. The second-order valence-electron chi connectivity index (χ2n) is 10.3. The Labute approximate surface area is 246 Å². The van der Waals surface area contributed by atoms with E-state index in [1.54, 1.807) is 0 Å². The Morgan fingerprint density at radius 2 is 0.977 bits per heavy atom. The number of aromatic nitrogens is 5. The number of benzene rings is 5. The maximum absolute atomic E-state index is 13.4. The molecule has 0 aliphatic rings. The fraction of sp³-hybridized carbons (Fsp3) is 0. The zero-order valence-electron chi connectivity index (χ0n) is 22.9. The lowest BCUT2D eigenvalue weighted by atomic mass is 10.0. The molecule has 6 heteroatoms. The summed E-state index contributed by atoms with van der Waals surface area (Å²) in [4.78, 5) is 32.7. The first-order chi connectivity index (χ1) is 21.2. The highest BCUT2D eigenvalue weighted by Gasteiger charge is 2.17. The molecule has 0 atom stereocenters. The highest BCUT2D eigenvalue weighted by molar-refractivity contribution is 6.00. The fourth-order valence-electron chi connectivity index (χ4n) is 5.58. The first-order valence-electron chi connectivity index (χ1n) is 14.0. The summed E-state index contributed by atoms with van der Waals surface area (Å²) in [5.74, 6) is 1.68. The number of nitrogens with zero attached hydrogens (tertiary/aromatic N) is 5. The van der Waals surface area contributed by atoms with E-state index in [1.165, 1.54) is 0 Å². The number of pyridine rings is 1. The van der Waals surface area contributed by atoms with Crippen LogP contribution in [0.1, 0.15) is 0 Å². The van der Waals surface area contributed by atoms with E-state index in [0.717, 1.165) is 44.2 Å². The molecule has 0 fully saturated rings. The van der Waals surface area contributed by atoms with Gasteiger partial charge in [-0.3, -0.25) is 9.20 Å². The molecule has 6 nitrogen and oxygen atoms in total. The van der Waals surface area contributed by atoms with E-state index >= 15 is 0 Å². The highest BCUT2D eigenvalue weighted by Crippen LogP contribution is 2.32. The molecular formula is C37H23N5O. The van der Waals surface area contributed by atoms with Crippen molar-refractivity contribution in [1.82, 2.24) is 24.3 Å². The predicted molar refractivity (Wildman–Crippen MR) is 172 cm³/mol. The van der Waals surface area contributed by atoms with Crippen molar-refractivity contribution in [3.8, 4) is 45.4 Å². The summed E-state index contributed by atoms with van der Waals surface area (Å²) >= 11 is 0. The monoisotopic (exact) mass is 553 g/mol. The van der Waals surface area contributed by atoms with Crippen molar-refractivity contribution in [2.24, 2.45) is 0 Å². The van der Waals surface area contributed by atoms with Gasteiger partial charge in [0.25, 0.3) is 5.56 Å². The average Bonchev–Trinajstić information content (AvgIpc) is 3.09. The summed E-state index contributed by atoms with van der Waals surface area (Å²) in [7, 11) is 0. The van der Waals surface area contributed by atoms with Crippen LogP contribution in [0.5, 0.6) is 0 Å². The second-order valence-corrected chi connectivity index (χ2v) is 10.3. The molecule has 0 radical (unpaired) electrons. The van der Waals surface area contributed by atoms with Crippen molar-refractivity contribution < 1.29 is 0 Å². The number of fused-ring (bicyclic) bond motifs is 5. The largest absolute Gasteiger partial charge is 0.293 e. The van der Waals surface area contributed by atoms with Gasteiger partial charge < -0.3 is 0 Å². The topological polar surface area (TPSA) is 73.0 Å². The molecule has 0 amide bonds. The van der Waals surface area contributed by atoms with Gasteiger partial charge in [-0.15, -0.1) is 0 Å². The van der Waals surface area contributed by atoms with Gasteiger partial charge in [-0.25, -0.2) is 15.0 Å². The van der Waals surface area contributed by atoms with Gasteiger partial charge in [0.05, 0.1) is 16.6 Å². The molecule has 0 bridgehead atoms. The molecule has 202 valence electrons. The SMILES string of the molecule is O=c1nc2c3ccccc3cc(-c3ccccc3)n2c2cc(-c3nc(-c4ccccc4)nc(-c4ccccc4)n3)ccc12. The zero-order chi connectivity index (χ0) is 28.8. The molecule has 0 aliphatic heterocycles. The van der Waals surface area contributed by atoms with Crippen LogP contribution in [0.4, 0.5) is 0 Å². The molecule has 0 saturated carbocycles. The molecule has 0 aliphatic carbocycles. The third-order valence-corrected chi connectivity index (χ3v) is 7.65. The number of hydrogen-bond acceptors (Lipinski definition) is 5. The van der Waals surface area contributed by atoms with Crippen molar-refractivity contribution >= 4 is 27.3 Å². The van der Waals surface area contributed by atoms with Crippen LogP contribution in [0.2, 0.25) is 0 Å². The zero-order valence-corrected chi connectivity index (χ0v) is 22.9. The molecular weight excluding hydrogens is 530 g/mol. The Kier molecular flexibility index (Phi) is 5.83. The summed E-state index contributed by atoms with van der Waals surface area (Å²) in [6.45, 7) is 0. The Hall–Kier alpha value is -6.01. The molecule has 0 unspecified atom stereocenters. The van der Waals surface area contributed by atoms with Crippen LogP contribution in [0.3, 0.4) is 0 Å². The fourth-order valence-corrected chi connectivity index (χ4v) is 5.58. The quantitative estimate of drug-likeness (QED) is 0.208. The normalized spacial score (nSPS) is 11.3. The molecule has 0 spiro atoms. The van der Waals surface area contributed by atoms with Crippen molar-refractivity contribution in [2.45, 2.75) is 0 Å². The first-order valence-corrected chi connectivity index (χ1v) is 14.0. The van der Waals surface area contributed by atoms with Crippen LogP contribution in [-0.4, -0.2) is 24.3 Å². The van der Waals surface area contributed by atoms with Gasteiger partial charge in [-0.05, 0) is 29.1 Å². The number of hydrogen-bond donors (Lipinski definition) is 0. The lowest BCUT2D eigenvalue weighted by molar-refractivity contribution is 1.07. The average molecular weight is 554 g/mol. The van der Waals surface area contributed by atoms with Crippen molar-refractivity contribution in [2.75, 3.05) is 0 Å². The molecule has 3 heterocycles. The molecule has 0 saturated heterocycles. The lowest BCUT2D eigenvalue weighted by Gasteiger charge is -2.16. The second kappa shape index (κ2) is 10.1. The van der Waals surface area contributed by atoms with Gasteiger partial charge in [0.2, 0.25) is 0 Å². The van der Waals surface area contributed by atoms with E-state index in [4.69, 9.17) is 15.0 Å². The standard InChI is InChI=1S/C37H23N5O/c43-37-30-21-20-28(35-39-33(25-14-6-2-7-15-25)38-34(40-35)26-16-8-3-9-17-26)23-32(30)42-31(24-12-4-1-5-13-24)22-27-18-10-11-19-29(27)36(42)41-37/h1-23H.